The van der Waals surface area contributed by atoms with E-state index >= 15 is 0 Å². The predicted molar refractivity (Wildman–Crippen MR) is 157 cm³/mol. The average molecular weight is 587 g/mol. The first-order valence-corrected chi connectivity index (χ1v) is 16.4. The number of nitrogens with one attached hydrogen (secondary N) is 1. The van der Waals surface area contributed by atoms with E-state index in [1.54, 1.807) is 6.07 Å². The number of halogens is 1. The molecule has 0 radical (unpaired) electrons. The molecule has 1 saturated carbocycles. The van der Waals surface area contributed by atoms with Gasteiger partial charge in [0.25, 0.3) is 0 Å². The Morgan fingerprint density at radius 2 is 1.93 bits per heavy atom. The molecule has 8 nitrogen and oxygen atoms in total. The van der Waals surface area contributed by atoms with Crippen LogP contribution in [-0.2, 0) is 21.3 Å². The molecule has 3 unspecified atom stereocenters. The molecule has 0 aromatic heterocycles. The zero-order chi connectivity index (χ0) is 28.0. The molecule has 1 aliphatic carbocycles. The third-order valence-electron chi connectivity index (χ3n) is 9.09. The van der Waals surface area contributed by atoms with Crippen molar-refractivity contribution >= 4 is 33.0 Å². The molecule has 0 spiro atoms. The van der Waals surface area contributed by atoms with Gasteiger partial charge in [0, 0.05) is 49.5 Å². The van der Waals surface area contributed by atoms with Crippen molar-refractivity contribution in [3.63, 3.8) is 0 Å². The lowest BCUT2D eigenvalue weighted by atomic mass is 9.88. The van der Waals surface area contributed by atoms with E-state index in [1.807, 2.05) is 18.2 Å². The lowest BCUT2D eigenvalue weighted by Crippen LogP contribution is -2.52. The van der Waals surface area contributed by atoms with E-state index < -0.39 is 10.0 Å². The first-order valence-electron chi connectivity index (χ1n) is 14.5. The summed E-state index contributed by atoms with van der Waals surface area (Å²) in [5.74, 6) is -0.366. The Bertz CT molecular complexity index is 1370. The molecule has 216 valence electrons. The molecule has 6 atom stereocenters. The number of phenolic OH excluding ortho intramolecular Hbond substituents is 1. The number of hydrogen-bond donors (Lipinski definition) is 2. The molecule has 40 heavy (non-hydrogen) atoms. The minimum atomic E-state index is -4.00. The fourth-order valence-corrected chi connectivity index (χ4v) is 9.03. The van der Waals surface area contributed by atoms with Crippen molar-refractivity contribution in [3.8, 4) is 5.75 Å². The van der Waals surface area contributed by atoms with Gasteiger partial charge >= 0.3 is 0 Å². The van der Waals surface area contributed by atoms with Crippen molar-refractivity contribution in [3.05, 3.63) is 53.1 Å². The van der Waals surface area contributed by atoms with Gasteiger partial charge in [-0.2, -0.15) is 4.31 Å². The number of hydrogen-bond acceptors (Lipinski definition) is 7. The van der Waals surface area contributed by atoms with E-state index in [0.717, 1.165) is 50.8 Å². The van der Waals surface area contributed by atoms with Crippen LogP contribution in [0.3, 0.4) is 0 Å². The van der Waals surface area contributed by atoms with Gasteiger partial charge in [0.15, 0.2) is 5.75 Å². The molecule has 10 heteroatoms. The van der Waals surface area contributed by atoms with Crippen molar-refractivity contribution < 1.29 is 18.3 Å². The average Bonchev–Trinajstić information content (AvgIpc) is 3.65. The molecule has 0 amide bonds. The SMILES string of the molecule is CC[C@@H](NC1CCC1=Nc1ccc(Cl)c(S(=O)(=O)N2CC3CC2CN3Cc2ccccc2)c1O)[C@H]1CC[C@@H](C)O1. The number of ether oxygens (including phenoxy) is 1. The third-order valence-corrected chi connectivity index (χ3v) is 11.5. The molecule has 3 saturated heterocycles. The van der Waals surface area contributed by atoms with Crippen LogP contribution >= 0.6 is 11.6 Å². The number of piperazine rings is 1. The first-order chi connectivity index (χ1) is 19.2. The molecule has 3 heterocycles. The second-order valence-corrected chi connectivity index (χ2v) is 14.0. The van der Waals surface area contributed by atoms with Crippen LogP contribution in [0.4, 0.5) is 5.69 Å². The van der Waals surface area contributed by atoms with Crippen LogP contribution in [0.25, 0.3) is 0 Å². The van der Waals surface area contributed by atoms with E-state index in [1.165, 1.54) is 15.9 Å². The summed E-state index contributed by atoms with van der Waals surface area (Å²) in [6, 6.07) is 13.7. The Hall–Kier alpha value is -2.01. The molecule has 6 rings (SSSR count). The van der Waals surface area contributed by atoms with Crippen LogP contribution in [0.2, 0.25) is 5.02 Å². The van der Waals surface area contributed by atoms with Gasteiger partial charge in [-0.25, -0.2) is 8.42 Å². The maximum absolute atomic E-state index is 13.9. The number of phenols is 1. The summed E-state index contributed by atoms with van der Waals surface area (Å²) in [5, 5.41) is 14.9. The maximum atomic E-state index is 13.9. The van der Waals surface area contributed by atoms with E-state index in [-0.39, 0.29) is 51.6 Å². The normalized spacial score (nSPS) is 30.7. The summed E-state index contributed by atoms with van der Waals surface area (Å²) >= 11 is 6.44. The Kier molecular flexibility index (Phi) is 7.98. The first kappa shape index (κ1) is 28.1. The van der Waals surface area contributed by atoms with Gasteiger partial charge in [0.05, 0.1) is 17.2 Å². The highest BCUT2D eigenvalue weighted by Crippen LogP contribution is 2.44. The Morgan fingerprint density at radius 3 is 2.55 bits per heavy atom. The number of rotatable bonds is 9. The number of sulfonamides is 1. The molecule has 2 N–H and O–H groups in total. The zero-order valence-electron chi connectivity index (χ0n) is 23.2. The van der Waals surface area contributed by atoms with Crippen LogP contribution in [0, 0.1) is 0 Å². The van der Waals surface area contributed by atoms with Crippen LogP contribution in [-0.4, -0.2) is 77.9 Å². The van der Waals surface area contributed by atoms with E-state index in [2.05, 4.69) is 36.2 Å². The maximum Gasteiger partial charge on any atom is 0.248 e. The number of likely N-dealkylation sites (tertiary alicyclic amines) is 1. The minimum absolute atomic E-state index is 0.0206. The zero-order valence-corrected chi connectivity index (χ0v) is 24.7. The van der Waals surface area contributed by atoms with Crippen LogP contribution in [0.5, 0.6) is 5.75 Å². The van der Waals surface area contributed by atoms with E-state index in [4.69, 9.17) is 21.3 Å². The number of benzene rings is 2. The molecule has 2 aromatic rings. The van der Waals surface area contributed by atoms with E-state index in [9.17, 15) is 13.5 Å². The Balaban J connectivity index is 1.17. The van der Waals surface area contributed by atoms with Crippen molar-refractivity contribution in [1.82, 2.24) is 14.5 Å². The number of fused-ring (bicyclic) bond motifs is 2. The van der Waals surface area contributed by atoms with Crippen molar-refractivity contribution in [2.75, 3.05) is 13.1 Å². The molecule has 3 aliphatic heterocycles. The van der Waals surface area contributed by atoms with Crippen molar-refractivity contribution in [1.29, 1.82) is 0 Å². The fraction of sp³-hybridized carbons (Fsp3) is 0.567. The highest BCUT2D eigenvalue weighted by molar-refractivity contribution is 7.89. The van der Waals surface area contributed by atoms with Crippen molar-refractivity contribution in [2.45, 2.75) is 100 Å². The van der Waals surface area contributed by atoms with Crippen LogP contribution in [0.1, 0.15) is 57.9 Å². The summed E-state index contributed by atoms with van der Waals surface area (Å²) in [6.07, 6.45) is 6.10. The van der Waals surface area contributed by atoms with Gasteiger partial charge in [-0.05, 0) is 63.1 Å². The van der Waals surface area contributed by atoms with Crippen LogP contribution < -0.4 is 5.32 Å². The molecular weight excluding hydrogens is 548 g/mol. The summed E-state index contributed by atoms with van der Waals surface area (Å²) < 4.78 is 35.4. The number of nitrogens with zero attached hydrogens (tertiary/aromatic N) is 3. The quantitative estimate of drug-likeness (QED) is 0.436. The van der Waals surface area contributed by atoms with Gasteiger partial charge in [-0.1, -0.05) is 48.9 Å². The summed E-state index contributed by atoms with van der Waals surface area (Å²) in [6.45, 7) is 6.13. The van der Waals surface area contributed by atoms with Gasteiger partial charge in [0.2, 0.25) is 10.0 Å². The lowest BCUT2D eigenvalue weighted by molar-refractivity contribution is 0.0291. The standard InChI is InChI=1S/C30H39ClN4O4S/c1-3-24(28-14-9-19(2)39-28)32-25-12-13-26(25)33-27-11-10-23(31)30(29(27)36)40(37,38)35-18-21-15-22(35)17-34(21)16-20-7-5-4-6-8-20/h4-8,10-11,19,21-22,24-25,28,32,36H,3,9,12-18H2,1-2H3/t19-,21?,22?,24-,25?,28-/m1/s1. The number of aliphatic imine (C=N–C) groups is 1. The third kappa shape index (κ3) is 5.32. The lowest BCUT2D eigenvalue weighted by Gasteiger charge is -2.35. The smallest absolute Gasteiger partial charge is 0.248 e. The summed E-state index contributed by atoms with van der Waals surface area (Å²) in [7, 11) is -4.00. The molecule has 2 aromatic carbocycles. The Labute approximate surface area is 242 Å². The fourth-order valence-electron chi connectivity index (χ4n) is 6.77. The van der Waals surface area contributed by atoms with Crippen molar-refractivity contribution in [2.24, 2.45) is 4.99 Å². The summed E-state index contributed by atoms with van der Waals surface area (Å²) in [5.41, 5.74) is 2.39. The largest absolute Gasteiger partial charge is 0.504 e. The second kappa shape index (κ2) is 11.3. The molecule has 4 fully saturated rings. The topological polar surface area (TPSA) is 94.5 Å². The molecule has 4 aliphatic rings. The van der Waals surface area contributed by atoms with Gasteiger partial charge in [0.1, 0.15) is 10.6 Å². The molecular formula is C30H39ClN4O4S. The minimum Gasteiger partial charge on any atom is -0.504 e. The molecule has 2 bridgehead atoms. The highest BCUT2D eigenvalue weighted by atomic mass is 35.5. The van der Waals surface area contributed by atoms with Crippen LogP contribution in [0.15, 0.2) is 52.4 Å². The predicted octanol–water partition coefficient (Wildman–Crippen LogP) is 4.86. The van der Waals surface area contributed by atoms with Gasteiger partial charge in [-0.15, -0.1) is 0 Å². The monoisotopic (exact) mass is 586 g/mol. The van der Waals surface area contributed by atoms with Gasteiger partial charge in [-0.3, -0.25) is 9.89 Å². The second-order valence-electron chi connectivity index (χ2n) is 11.7. The highest BCUT2D eigenvalue weighted by Gasteiger charge is 2.49. The Morgan fingerprint density at radius 1 is 1.12 bits per heavy atom. The van der Waals surface area contributed by atoms with Gasteiger partial charge < -0.3 is 15.2 Å². The number of aromatic hydroxyl groups is 1. The summed E-state index contributed by atoms with van der Waals surface area (Å²) in [4.78, 5) is 6.85. The van der Waals surface area contributed by atoms with E-state index in [0.29, 0.717) is 19.2 Å².